The second kappa shape index (κ2) is 8.40. The Morgan fingerprint density at radius 3 is 2.38 bits per heavy atom. The van der Waals surface area contributed by atoms with E-state index in [0.717, 1.165) is 35.7 Å². The van der Waals surface area contributed by atoms with Crippen molar-refractivity contribution in [2.24, 2.45) is 5.92 Å². The van der Waals surface area contributed by atoms with Gasteiger partial charge in [0.2, 0.25) is 0 Å². The van der Waals surface area contributed by atoms with Crippen LogP contribution < -0.4 is 4.72 Å². The summed E-state index contributed by atoms with van der Waals surface area (Å²) in [4.78, 5) is 9.63. The molecule has 176 valence electrons. The number of nitrogens with zero attached hydrogens (tertiary/aromatic N) is 3. The number of hydrogen-bond acceptors (Lipinski definition) is 5. The molecule has 3 aromatic rings. The predicted molar refractivity (Wildman–Crippen MR) is 136 cm³/mol. The third-order valence-corrected chi connectivity index (χ3v) is 8.95. The van der Waals surface area contributed by atoms with Crippen molar-refractivity contribution in [1.82, 2.24) is 14.8 Å². The zero-order valence-corrected chi connectivity index (χ0v) is 20.0. The molecule has 0 radical (unpaired) electrons. The van der Waals surface area contributed by atoms with Crippen LogP contribution in [0.25, 0.3) is 16.6 Å². The van der Waals surface area contributed by atoms with Gasteiger partial charge in [0.1, 0.15) is 4.90 Å². The van der Waals surface area contributed by atoms with Crippen molar-refractivity contribution in [2.75, 3.05) is 24.4 Å². The molecule has 1 N–H and O–H groups in total. The molecule has 1 aliphatic carbocycles. The quantitative estimate of drug-likeness (QED) is 0.544. The van der Waals surface area contributed by atoms with Crippen LogP contribution in [0.5, 0.6) is 0 Å². The molecule has 0 amide bonds. The first-order valence-electron chi connectivity index (χ1n) is 12.1. The molecule has 3 aliphatic rings. The van der Waals surface area contributed by atoms with E-state index in [1.165, 1.54) is 32.2 Å². The van der Waals surface area contributed by atoms with Crippen LogP contribution in [-0.4, -0.2) is 54.9 Å². The summed E-state index contributed by atoms with van der Waals surface area (Å²) >= 11 is 0. The van der Waals surface area contributed by atoms with E-state index >= 15 is 0 Å². The van der Waals surface area contributed by atoms with E-state index in [4.69, 9.17) is 0 Å². The summed E-state index contributed by atoms with van der Waals surface area (Å²) in [5.41, 5.74) is 3.05. The van der Waals surface area contributed by atoms with Gasteiger partial charge in [-0.05, 0) is 61.4 Å². The fraction of sp³-hybridized carbons (Fsp3) is 0.370. The number of likely N-dealkylation sites (tertiary alicyclic amines) is 1. The number of benzene rings is 2. The van der Waals surface area contributed by atoms with Crippen LogP contribution in [0.3, 0.4) is 0 Å². The minimum atomic E-state index is -3.76. The van der Waals surface area contributed by atoms with E-state index in [2.05, 4.69) is 26.1 Å². The Balaban J connectivity index is 1.15. The lowest BCUT2D eigenvalue weighted by molar-refractivity contribution is 0.0946. The number of rotatable bonds is 7. The number of fused-ring (bicyclic) bond motifs is 3. The van der Waals surface area contributed by atoms with Crippen LogP contribution in [0.15, 0.2) is 72.3 Å². The normalized spacial score (nSPS) is 22.8. The number of anilines is 1. The third-order valence-electron chi connectivity index (χ3n) is 7.54. The van der Waals surface area contributed by atoms with E-state index in [1.807, 2.05) is 36.4 Å². The Labute approximate surface area is 201 Å². The first-order valence-corrected chi connectivity index (χ1v) is 13.6. The highest BCUT2D eigenvalue weighted by Crippen LogP contribution is 2.38. The van der Waals surface area contributed by atoms with E-state index in [0.29, 0.717) is 23.3 Å². The molecule has 2 unspecified atom stereocenters. The van der Waals surface area contributed by atoms with Crippen molar-refractivity contribution >= 4 is 32.3 Å². The summed E-state index contributed by atoms with van der Waals surface area (Å²) in [5, 5.41) is 0.795. The summed E-state index contributed by atoms with van der Waals surface area (Å²) in [7, 11) is -3.76. The van der Waals surface area contributed by atoms with E-state index < -0.39 is 10.0 Å². The van der Waals surface area contributed by atoms with Crippen molar-refractivity contribution in [1.29, 1.82) is 0 Å². The molecule has 6 rings (SSSR count). The van der Waals surface area contributed by atoms with Gasteiger partial charge >= 0.3 is 0 Å². The number of nitrogens with one attached hydrogen (secondary N) is 1. The fourth-order valence-corrected chi connectivity index (χ4v) is 6.76. The van der Waals surface area contributed by atoms with Gasteiger partial charge in [-0.3, -0.25) is 14.6 Å². The third kappa shape index (κ3) is 4.07. The second-order valence-corrected chi connectivity index (χ2v) is 11.5. The number of pyridine rings is 1. The zero-order chi connectivity index (χ0) is 23.3. The molecule has 3 heterocycles. The molecule has 6 nitrogen and oxygen atoms in total. The van der Waals surface area contributed by atoms with Gasteiger partial charge in [0, 0.05) is 54.7 Å². The van der Waals surface area contributed by atoms with E-state index in [-0.39, 0.29) is 4.90 Å². The van der Waals surface area contributed by atoms with Gasteiger partial charge in [0.25, 0.3) is 10.0 Å². The van der Waals surface area contributed by atoms with Crippen molar-refractivity contribution < 1.29 is 8.42 Å². The Bertz CT molecular complexity index is 1320. The molecule has 34 heavy (non-hydrogen) atoms. The fourth-order valence-electron chi connectivity index (χ4n) is 5.52. The molecular weight excluding hydrogens is 444 g/mol. The number of para-hydroxylation sites is 1. The van der Waals surface area contributed by atoms with Gasteiger partial charge in [-0.15, -0.1) is 0 Å². The standard InChI is InChI=1S/C27H30N4O2S/c1-19(30-17-24-13-14-25(18-30)31(24)16-20-7-8-20)21-9-11-23(12-10-21)29-34(32,33)26-6-2-4-22-5-3-15-28-27(22)26/h2-6,9-12,15,20,24-25,29H,1,7-8,13-14,16-18H2. The summed E-state index contributed by atoms with van der Waals surface area (Å²) in [6.45, 7) is 7.73. The summed E-state index contributed by atoms with van der Waals surface area (Å²) in [5.74, 6) is 0.929. The molecule has 2 saturated heterocycles. The van der Waals surface area contributed by atoms with Gasteiger partial charge in [-0.1, -0.05) is 36.9 Å². The molecule has 7 heteroatoms. The maximum Gasteiger partial charge on any atom is 0.264 e. The molecule has 0 spiro atoms. The Kier molecular flexibility index (Phi) is 5.34. The van der Waals surface area contributed by atoms with Gasteiger partial charge in [0.15, 0.2) is 0 Å². The molecular formula is C27H30N4O2S. The lowest BCUT2D eigenvalue weighted by atomic mass is 10.1. The van der Waals surface area contributed by atoms with Crippen LogP contribution in [0.2, 0.25) is 0 Å². The topological polar surface area (TPSA) is 65.5 Å². The minimum absolute atomic E-state index is 0.179. The molecule has 2 aromatic carbocycles. The number of aromatic nitrogens is 1. The largest absolute Gasteiger partial charge is 0.368 e. The first-order chi connectivity index (χ1) is 16.5. The van der Waals surface area contributed by atoms with Gasteiger partial charge in [-0.2, -0.15) is 0 Å². The number of hydrogen-bond donors (Lipinski definition) is 1. The Morgan fingerprint density at radius 1 is 0.971 bits per heavy atom. The van der Waals surface area contributed by atoms with Gasteiger partial charge in [0.05, 0.1) is 5.52 Å². The summed E-state index contributed by atoms with van der Waals surface area (Å²) in [6.07, 6.45) is 6.98. The van der Waals surface area contributed by atoms with Crippen LogP contribution in [0.4, 0.5) is 5.69 Å². The predicted octanol–water partition coefficient (Wildman–Crippen LogP) is 4.56. The van der Waals surface area contributed by atoms with Crippen molar-refractivity contribution in [3.05, 3.63) is 72.9 Å². The number of piperazine rings is 1. The maximum atomic E-state index is 13.1. The smallest absolute Gasteiger partial charge is 0.264 e. The van der Waals surface area contributed by atoms with Crippen LogP contribution >= 0.6 is 0 Å². The highest BCUT2D eigenvalue weighted by molar-refractivity contribution is 7.93. The molecule has 1 saturated carbocycles. The zero-order valence-electron chi connectivity index (χ0n) is 19.2. The van der Waals surface area contributed by atoms with E-state index in [1.54, 1.807) is 24.4 Å². The highest BCUT2D eigenvalue weighted by Gasteiger charge is 2.42. The Hall–Kier alpha value is -2.90. The summed E-state index contributed by atoms with van der Waals surface area (Å²) in [6, 6.07) is 17.7. The van der Waals surface area contributed by atoms with Crippen LogP contribution in [0.1, 0.15) is 31.2 Å². The van der Waals surface area contributed by atoms with Crippen molar-refractivity contribution in [3.8, 4) is 0 Å². The number of sulfonamides is 1. The lowest BCUT2D eigenvalue weighted by Gasteiger charge is -2.43. The molecule has 2 aliphatic heterocycles. The summed E-state index contributed by atoms with van der Waals surface area (Å²) < 4.78 is 28.9. The average Bonchev–Trinajstić information content (AvgIpc) is 3.63. The first kappa shape index (κ1) is 21.6. The van der Waals surface area contributed by atoms with Crippen molar-refractivity contribution in [3.63, 3.8) is 0 Å². The van der Waals surface area contributed by atoms with Crippen LogP contribution in [0, 0.1) is 5.92 Å². The highest BCUT2D eigenvalue weighted by atomic mass is 32.2. The average molecular weight is 475 g/mol. The SMILES string of the molecule is C=C(c1ccc(NS(=O)(=O)c2cccc3cccnc23)cc1)N1CC2CCC(C1)N2CC1CC1. The lowest BCUT2D eigenvalue weighted by Crippen LogP contribution is -2.53. The van der Waals surface area contributed by atoms with E-state index in [9.17, 15) is 8.42 Å². The van der Waals surface area contributed by atoms with Gasteiger partial charge < -0.3 is 4.90 Å². The molecule has 3 fully saturated rings. The second-order valence-electron chi connectivity index (χ2n) is 9.89. The molecule has 2 bridgehead atoms. The van der Waals surface area contributed by atoms with Crippen molar-refractivity contribution in [2.45, 2.75) is 42.7 Å². The monoisotopic (exact) mass is 474 g/mol. The van der Waals surface area contributed by atoms with Gasteiger partial charge in [-0.25, -0.2) is 8.42 Å². The minimum Gasteiger partial charge on any atom is -0.368 e. The Morgan fingerprint density at radius 2 is 1.68 bits per heavy atom. The molecule has 1 aromatic heterocycles. The maximum absolute atomic E-state index is 13.1. The van der Waals surface area contributed by atoms with Crippen LogP contribution in [-0.2, 0) is 10.0 Å². The molecule has 2 atom stereocenters.